The predicted molar refractivity (Wildman–Crippen MR) is 59.8 cm³/mol. The number of carbonyl (C=O) groups excluding carboxylic acids is 2. The second-order valence-electron chi connectivity index (χ2n) is 4.93. The van der Waals surface area contributed by atoms with E-state index in [0.717, 1.165) is 19.3 Å². The summed E-state index contributed by atoms with van der Waals surface area (Å²) in [5, 5.41) is 0. The van der Waals surface area contributed by atoms with Gasteiger partial charge in [-0.25, -0.2) is 0 Å². The van der Waals surface area contributed by atoms with Crippen LogP contribution in [0.5, 0.6) is 0 Å². The molecule has 3 nitrogen and oxygen atoms in total. The summed E-state index contributed by atoms with van der Waals surface area (Å²) in [6.07, 6.45) is 5.28. The summed E-state index contributed by atoms with van der Waals surface area (Å²) in [6, 6.07) is 0. The molecule has 0 aromatic carbocycles. The fourth-order valence-corrected chi connectivity index (χ4v) is 3.05. The lowest BCUT2D eigenvalue weighted by Gasteiger charge is -2.39. The highest BCUT2D eigenvalue weighted by molar-refractivity contribution is 5.91. The van der Waals surface area contributed by atoms with E-state index in [4.69, 9.17) is 4.74 Å². The molecule has 1 fully saturated rings. The molecule has 2 aliphatic rings. The van der Waals surface area contributed by atoms with Crippen molar-refractivity contribution in [1.82, 2.24) is 0 Å². The molecule has 0 amide bonds. The Morgan fingerprint density at radius 2 is 2.25 bits per heavy atom. The smallest absolute Gasteiger partial charge is 0.302 e. The maximum absolute atomic E-state index is 11.5. The monoisotopic (exact) mass is 222 g/mol. The Bertz CT molecular complexity index is 343. The van der Waals surface area contributed by atoms with E-state index in [1.165, 1.54) is 12.5 Å². The minimum absolute atomic E-state index is 0.0133. The van der Waals surface area contributed by atoms with Gasteiger partial charge < -0.3 is 4.74 Å². The van der Waals surface area contributed by atoms with Gasteiger partial charge in [-0.2, -0.15) is 0 Å². The summed E-state index contributed by atoms with van der Waals surface area (Å²) in [7, 11) is 0. The summed E-state index contributed by atoms with van der Waals surface area (Å²) in [4.78, 5) is 22.5. The van der Waals surface area contributed by atoms with Crippen molar-refractivity contribution in [1.29, 1.82) is 0 Å². The van der Waals surface area contributed by atoms with E-state index in [0.29, 0.717) is 12.3 Å². The first-order valence-electron chi connectivity index (χ1n) is 5.98. The van der Waals surface area contributed by atoms with Crippen molar-refractivity contribution in [2.75, 3.05) is 0 Å². The van der Waals surface area contributed by atoms with Crippen LogP contribution < -0.4 is 0 Å². The number of carbonyl (C=O) groups is 2. The Balaban J connectivity index is 2.20. The van der Waals surface area contributed by atoms with Gasteiger partial charge in [-0.3, -0.25) is 9.59 Å². The number of allylic oxidation sites excluding steroid dienone is 1. The van der Waals surface area contributed by atoms with E-state index in [1.807, 2.05) is 0 Å². The molecule has 2 aliphatic carbocycles. The first-order chi connectivity index (χ1) is 7.58. The molecule has 2 rings (SSSR count). The summed E-state index contributed by atoms with van der Waals surface area (Å²) in [6.45, 7) is 3.54. The van der Waals surface area contributed by atoms with Crippen LogP contribution in [0.2, 0.25) is 0 Å². The molecular weight excluding hydrogens is 204 g/mol. The highest BCUT2D eigenvalue weighted by Crippen LogP contribution is 2.40. The molecule has 3 atom stereocenters. The van der Waals surface area contributed by atoms with Gasteiger partial charge in [0.2, 0.25) is 0 Å². The van der Waals surface area contributed by atoms with E-state index >= 15 is 0 Å². The predicted octanol–water partition coefficient (Wildman–Crippen LogP) is 2.25. The van der Waals surface area contributed by atoms with E-state index < -0.39 is 0 Å². The average molecular weight is 222 g/mol. The van der Waals surface area contributed by atoms with Crippen molar-refractivity contribution < 1.29 is 14.3 Å². The number of esters is 1. The fourth-order valence-electron chi connectivity index (χ4n) is 3.05. The molecule has 0 saturated heterocycles. The number of ether oxygens (including phenoxy) is 1. The number of fused-ring (bicyclic) bond motifs is 1. The van der Waals surface area contributed by atoms with Crippen molar-refractivity contribution in [3.8, 4) is 0 Å². The van der Waals surface area contributed by atoms with Crippen molar-refractivity contribution in [3.63, 3.8) is 0 Å². The summed E-state index contributed by atoms with van der Waals surface area (Å²) < 4.78 is 5.38. The third kappa shape index (κ3) is 2.18. The molecule has 0 bridgehead atoms. The highest BCUT2D eigenvalue weighted by Gasteiger charge is 2.38. The van der Waals surface area contributed by atoms with Crippen LogP contribution in [0.1, 0.15) is 39.5 Å². The first kappa shape index (κ1) is 11.4. The molecule has 0 spiro atoms. The van der Waals surface area contributed by atoms with Crippen molar-refractivity contribution >= 4 is 11.8 Å². The number of ketones is 1. The van der Waals surface area contributed by atoms with Crippen LogP contribution in [-0.2, 0) is 14.3 Å². The van der Waals surface area contributed by atoms with Crippen LogP contribution in [-0.4, -0.2) is 17.9 Å². The average Bonchev–Trinajstić information content (AvgIpc) is 2.15. The maximum atomic E-state index is 11.5. The molecule has 3 heteroatoms. The van der Waals surface area contributed by atoms with Crippen LogP contribution in [0.4, 0.5) is 0 Å². The van der Waals surface area contributed by atoms with Gasteiger partial charge in [0.25, 0.3) is 0 Å². The number of rotatable bonds is 1. The Kier molecular flexibility index (Phi) is 3.13. The molecule has 16 heavy (non-hydrogen) atoms. The zero-order chi connectivity index (χ0) is 11.7. The van der Waals surface area contributed by atoms with Gasteiger partial charge in [0.05, 0.1) is 0 Å². The second kappa shape index (κ2) is 4.40. The minimum Gasteiger partial charge on any atom is -0.462 e. The summed E-state index contributed by atoms with van der Waals surface area (Å²) in [5.74, 6) is 0.588. The zero-order valence-corrected chi connectivity index (χ0v) is 9.86. The standard InChI is InChI=1S/C13H18O3/c1-8-6-11(15)7-10-4-3-5-12(13(8)10)16-9(2)14/h7-8,12-13H,3-6H2,1-2H3/t8?,12-,13-/m1/s1. The topological polar surface area (TPSA) is 43.4 Å². The molecule has 0 aromatic heterocycles. The van der Waals surface area contributed by atoms with Crippen molar-refractivity contribution in [2.24, 2.45) is 11.8 Å². The molecule has 1 saturated carbocycles. The van der Waals surface area contributed by atoms with Crippen LogP contribution in [0.3, 0.4) is 0 Å². The van der Waals surface area contributed by atoms with Gasteiger partial charge in [-0.15, -0.1) is 0 Å². The third-order valence-corrected chi connectivity index (χ3v) is 3.58. The number of hydrogen-bond donors (Lipinski definition) is 0. The lowest BCUT2D eigenvalue weighted by atomic mass is 9.70. The van der Waals surface area contributed by atoms with Crippen LogP contribution in [0.15, 0.2) is 11.6 Å². The van der Waals surface area contributed by atoms with Crippen LogP contribution in [0.25, 0.3) is 0 Å². The molecular formula is C13H18O3. The van der Waals surface area contributed by atoms with E-state index in [1.54, 1.807) is 6.08 Å². The fraction of sp³-hybridized carbons (Fsp3) is 0.692. The normalized spacial score (nSPS) is 34.0. The molecule has 0 heterocycles. The molecule has 0 radical (unpaired) electrons. The van der Waals surface area contributed by atoms with E-state index in [2.05, 4.69) is 6.92 Å². The lowest BCUT2D eigenvalue weighted by Crippen LogP contribution is -2.38. The Hall–Kier alpha value is -1.12. The van der Waals surface area contributed by atoms with Crippen LogP contribution in [0, 0.1) is 11.8 Å². The highest BCUT2D eigenvalue weighted by atomic mass is 16.5. The molecule has 0 N–H and O–H groups in total. The van der Waals surface area contributed by atoms with Crippen molar-refractivity contribution in [3.05, 3.63) is 11.6 Å². The van der Waals surface area contributed by atoms with Gasteiger partial charge in [-0.1, -0.05) is 12.5 Å². The minimum atomic E-state index is -0.213. The lowest BCUT2D eigenvalue weighted by molar-refractivity contribution is -0.150. The number of hydrogen-bond acceptors (Lipinski definition) is 3. The van der Waals surface area contributed by atoms with Gasteiger partial charge in [0.15, 0.2) is 5.78 Å². The molecule has 0 aliphatic heterocycles. The van der Waals surface area contributed by atoms with Crippen molar-refractivity contribution in [2.45, 2.75) is 45.6 Å². The third-order valence-electron chi connectivity index (χ3n) is 3.58. The maximum Gasteiger partial charge on any atom is 0.302 e. The molecule has 0 aromatic rings. The molecule has 1 unspecified atom stereocenters. The van der Waals surface area contributed by atoms with Gasteiger partial charge in [-0.05, 0) is 31.3 Å². The van der Waals surface area contributed by atoms with Crippen LogP contribution >= 0.6 is 0 Å². The van der Waals surface area contributed by atoms with Gasteiger partial charge >= 0.3 is 5.97 Å². The second-order valence-corrected chi connectivity index (χ2v) is 4.93. The van der Waals surface area contributed by atoms with E-state index in [-0.39, 0.29) is 23.8 Å². The Labute approximate surface area is 95.9 Å². The zero-order valence-electron chi connectivity index (χ0n) is 9.86. The summed E-state index contributed by atoms with van der Waals surface area (Å²) in [5.41, 5.74) is 1.20. The SMILES string of the molecule is CC(=O)O[C@@H]1CCCC2=CC(=O)CC(C)[C@H]21. The Morgan fingerprint density at radius 1 is 1.50 bits per heavy atom. The van der Waals surface area contributed by atoms with Gasteiger partial charge in [0.1, 0.15) is 6.10 Å². The Morgan fingerprint density at radius 3 is 2.94 bits per heavy atom. The summed E-state index contributed by atoms with van der Waals surface area (Å²) >= 11 is 0. The quantitative estimate of drug-likeness (QED) is 0.639. The largest absolute Gasteiger partial charge is 0.462 e. The first-order valence-corrected chi connectivity index (χ1v) is 5.98. The molecule has 88 valence electrons. The van der Waals surface area contributed by atoms with Gasteiger partial charge in [0, 0.05) is 19.3 Å². The van der Waals surface area contributed by atoms with E-state index in [9.17, 15) is 9.59 Å².